The summed E-state index contributed by atoms with van der Waals surface area (Å²) in [5.74, 6) is 0. The van der Waals surface area contributed by atoms with Crippen LogP contribution in [0.15, 0.2) is 491 Å². The predicted octanol–water partition coefficient (Wildman–Crippen LogP) is 47.3. The summed E-state index contributed by atoms with van der Waals surface area (Å²) in [6.07, 6.45) is 0. The molecule has 0 atom stereocenters. The van der Waals surface area contributed by atoms with Gasteiger partial charge in [0.25, 0.3) is 0 Å². The molecule has 0 spiro atoms. The fraction of sp³-hybridized carbons (Fsp3) is 0.122. The van der Waals surface area contributed by atoms with Gasteiger partial charge in [-0.1, -0.05) is 526 Å². The van der Waals surface area contributed by atoms with E-state index in [4.69, 9.17) is 0 Å². The van der Waals surface area contributed by atoms with Crippen molar-refractivity contribution in [1.82, 2.24) is 0 Å². The molecule has 0 N–H and O–H groups in total. The Morgan fingerprint density at radius 1 is 0.110 bits per heavy atom. The molecule has 0 aliphatic heterocycles. The molecule has 7 heterocycles. The van der Waals surface area contributed by atoms with E-state index in [1.165, 1.54) is 212 Å². The van der Waals surface area contributed by atoms with Crippen LogP contribution in [0.4, 0.5) is 0 Å². The Bertz CT molecular complexity index is 8370. The number of hydrogen-bond donors (Lipinski definition) is 0. The lowest BCUT2D eigenvalue weighted by Crippen LogP contribution is -1.72. The fourth-order valence-electron chi connectivity index (χ4n) is 17.3. The van der Waals surface area contributed by atoms with Crippen molar-refractivity contribution in [3.63, 3.8) is 0 Å². The smallest absolute Gasteiger partial charge is 0.0433 e. The van der Waals surface area contributed by atoms with Crippen molar-refractivity contribution in [2.24, 2.45) is 0 Å². The molecule has 730 valence electrons. The molecule has 0 unspecified atom stereocenters. The van der Waals surface area contributed by atoms with Crippen LogP contribution >= 0.6 is 79.4 Å². The van der Waals surface area contributed by atoms with Crippen molar-refractivity contribution in [2.75, 3.05) is 0 Å². The standard InChI is InChI=1S/5C16H10S.2C12H8S.3C7H8.7C2H6/c1-2-6-12-10-16-14(9-11(12)5-1)13-7-3-4-8-15(13)17-16;2*1-2-6-12-11(5-1)9-10-14-13-7-3-4-8-15(13)17-16(12)14;2*1-2-6-12-11(5-1)9-10-15-16(12)13-7-3-4-8-14(13)17-15;2*1-3-7-11-9(5-1)10-6-2-4-8-12(10)13-11;3*1-7-5-3-2-4-6-7;7*1-2/h5*1-10H;2*1-8H;3*2-6H,1H3;7*1-2H3. The second-order valence-electron chi connectivity index (χ2n) is 32.5. The Morgan fingerprint density at radius 2 is 0.295 bits per heavy atom. The maximum absolute atomic E-state index is 2.31. The van der Waals surface area contributed by atoms with E-state index in [2.05, 4.69) is 458 Å². The highest BCUT2D eigenvalue weighted by Gasteiger charge is 2.14. The predicted molar refractivity (Wildman–Crippen MR) is 676 cm³/mol. The van der Waals surface area contributed by atoms with Crippen LogP contribution in [0.25, 0.3) is 195 Å². The van der Waals surface area contributed by atoms with E-state index in [1.54, 1.807) is 0 Å². The van der Waals surface area contributed by atoms with Crippen LogP contribution < -0.4 is 0 Å². The van der Waals surface area contributed by atoms with Crippen LogP contribution in [0, 0.1) is 20.8 Å². The maximum Gasteiger partial charge on any atom is 0.0433 e. The van der Waals surface area contributed by atoms with Gasteiger partial charge < -0.3 is 0 Å². The van der Waals surface area contributed by atoms with Crippen molar-refractivity contribution in [1.29, 1.82) is 0 Å². The molecule has 0 amide bonds. The van der Waals surface area contributed by atoms with Crippen LogP contribution in [0.3, 0.4) is 0 Å². The average Bonchev–Trinajstić information content (AvgIpc) is 1.60. The van der Waals surface area contributed by atoms with Gasteiger partial charge in [0, 0.05) is 141 Å². The highest BCUT2D eigenvalue weighted by atomic mass is 32.1. The van der Waals surface area contributed by atoms with Crippen molar-refractivity contribution in [3.8, 4) is 0 Å². The van der Waals surface area contributed by atoms with Crippen molar-refractivity contribution in [3.05, 3.63) is 508 Å². The number of rotatable bonds is 0. The molecule has 22 aromatic carbocycles. The Kier molecular flexibility index (Phi) is 42.4. The number of hydrogen-bond acceptors (Lipinski definition) is 7. The highest BCUT2D eigenvalue weighted by molar-refractivity contribution is 7.28. The zero-order valence-corrected chi connectivity index (χ0v) is 92.8. The first kappa shape index (κ1) is 109. The molecule has 0 saturated heterocycles. The third kappa shape index (κ3) is 26.7. The molecule has 0 saturated carbocycles. The van der Waals surface area contributed by atoms with E-state index in [0.29, 0.717) is 0 Å². The van der Waals surface area contributed by atoms with Crippen LogP contribution in [-0.4, -0.2) is 0 Å². The first-order valence-electron chi connectivity index (χ1n) is 51.5. The molecule has 0 aliphatic carbocycles. The summed E-state index contributed by atoms with van der Waals surface area (Å²) in [6.45, 7) is 34.2. The van der Waals surface area contributed by atoms with Crippen molar-refractivity contribution in [2.45, 2.75) is 118 Å². The van der Waals surface area contributed by atoms with Gasteiger partial charge in [0.05, 0.1) is 0 Å². The highest BCUT2D eigenvalue weighted by Crippen LogP contribution is 2.44. The lowest BCUT2D eigenvalue weighted by Gasteiger charge is -1.99. The minimum Gasteiger partial charge on any atom is -0.135 e. The van der Waals surface area contributed by atoms with Crippen LogP contribution in [-0.2, 0) is 0 Å². The Morgan fingerprint density at radius 3 is 0.575 bits per heavy atom. The number of benzene rings is 22. The molecule has 29 aromatic rings. The van der Waals surface area contributed by atoms with Crippen LogP contribution in [0.5, 0.6) is 0 Å². The fourth-order valence-corrected chi connectivity index (χ4v) is 25.3. The average molecular weight is 2030 g/mol. The minimum absolute atomic E-state index is 1.32. The molecule has 0 fully saturated rings. The van der Waals surface area contributed by atoms with E-state index in [1.807, 2.05) is 231 Å². The van der Waals surface area contributed by atoms with Gasteiger partial charge in [-0.2, -0.15) is 0 Å². The minimum atomic E-state index is 1.32. The third-order valence-electron chi connectivity index (χ3n) is 23.7. The zero-order valence-electron chi connectivity index (χ0n) is 87.1. The second kappa shape index (κ2) is 56.8. The third-order valence-corrected chi connectivity index (χ3v) is 31.9. The number of fused-ring (bicyclic) bond motifs is 30. The summed E-state index contributed by atoms with van der Waals surface area (Å²) >= 11 is 13.1. The lowest BCUT2D eigenvalue weighted by atomic mass is 10.0. The van der Waals surface area contributed by atoms with Crippen molar-refractivity contribution >= 4 is 274 Å². The summed E-state index contributed by atoms with van der Waals surface area (Å²) in [4.78, 5) is 0. The number of aryl methyl sites for hydroxylation is 3. The molecular formula is C139H132S7. The number of thiophene rings is 7. The molecule has 0 aliphatic rings. The summed E-state index contributed by atoms with van der Waals surface area (Å²) in [5.41, 5.74) is 3.97. The van der Waals surface area contributed by atoms with E-state index >= 15 is 0 Å². The topological polar surface area (TPSA) is 0 Å². The molecule has 7 aromatic heterocycles. The zero-order chi connectivity index (χ0) is 103. The molecule has 29 rings (SSSR count). The van der Waals surface area contributed by atoms with Gasteiger partial charge in [-0.25, -0.2) is 0 Å². The first-order valence-corrected chi connectivity index (χ1v) is 57.2. The van der Waals surface area contributed by atoms with Crippen LogP contribution in [0.2, 0.25) is 0 Å². The SMILES string of the molecule is CC.CC.CC.CC.CC.CC.CC.Cc1ccccc1.Cc1ccccc1.Cc1ccccc1.c1ccc2c(c1)ccc1c3ccccc3sc21.c1ccc2c(c1)ccc1c3ccccc3sc21.c1ccc2c(c1)ccc1sc3ccccc3c12.c1ccc2c(c1)ccc1sc3ccccc3c12.c1ccc2c(c1)sc1ccccc12.c1ccc2c(c1)sc1ccccc12.c1ccc2cc3c(cc2c1)sc1ccccc13. The molecule has 0 nitrogen and oxygen atoms in total. The molecule has 7 heteroatoms. The van der Waals surface area contributed by atoms with Gasteiger partial charge in [-0.15, -0.1) is 79.4 Å². The summed E-state index contributed by atoms with van der Waals surface area (Å²) in [7, 11) is 0. The summed E-state index contributed by atoms with van der Waals surface area (Å²) in [5, 5.41) is 32.7. The van der Waals surface area contributed by atoms with Crippen LogP contribution in [0.1, 0.15) is 114 Å². The first-order chi connectivity index (χ1) is 72.2. The normalized spacial score (nSPS) is 10.2. The maximum atomic E-state index is 2.31. The van der Waals surface area contributed by atoms with E-state index < -0.39 is 0 Å². The molecule has 146 heavy (non-hydrogen) atoms. The Labute approximate surface area is 892 Å². The van der Waals surface area contributed by atoms with Crippen molar-refractivity contribution < 1.29 is 0 Å². The van der Waals surface area contributed by atoms with E-state index in [-0.39, 0.29) is 0 Å². The van der Waals surface area contributed by atoms with Gasteiger partial charge in [0.15, 0.2) is 0 Å². The summed E-state index contributed by atoms with van der Waals surface area (Å²) < 4.78 is 19.3. The monoisotopic (exact) mass is 2020 g/mol. The summed E-state index contributed by atoms with van der Waals surface area (Å²) in [6, 6.07) is 174. The molecular weight excluding hydrogens is 1890 g/mol. The van der Waals surface area contributed by atoms with E-state index in [9.17, 15) is 0 Å². The van der Waals surface area contributed by atoms with Gasteiger partial charge in [0.2, 0.25) is 0 Å². The second-order valence-corrected chi connectivity index (χ2v) is 40.0. The quantitative estimate of drug-likeness (QED) is 0.142. The molecule has 0 bridgehead atoms. The van der Waals surface area contributed by atoms with Gasteiger partial charge in [-0.3, -0.25) is 0 Å². The Hall–Kier alpha value is -14.3. The Balaban J connectivity index is 0.000000135. The van der Waals surface area contributed by atoms with Gasteiger partial charge in [-0.05, 0) is 153 Å². The largest absolute Gasteiger partial charge is 0.135 e. The van der Waals surface area contributed by atoms with E-state index in [0.717, 1.165) is 0 Å². The molecule has 0 radical (unpaired) electrons. The lowest BCUT2D eigenvalue weighted by molar-refractivity contribution is 1.48. The van der Waals surface area contributed by atoms with Gasteiger partial charge >= 0.3 is 0 Å². The van der Waals surface area contributed by atoms with Gasteiger partial charge in [0.1, 0.15) is 0 Å².